The fourth-order valence-corrected chi connectivity index (χ4v) is 1.33. The second-order valence-corrected chi connectivity index (χ2v) is 4.81. The van der Waals surface area contributed by atoms with Crippen molar-refractivity contribution in [2.45, 2.75) is 25.3 Å². The molecule has 0 N–H and O–H groups in total. The third-order valence-corrected chi connectivity index (χ3v) is 2.35. The predicted octanol–water partition coefficient (Wildman–Crippen LogP) is 2.91. The van der Waals surface area contributed by atoms with Crippen LogP contribution in [0.4, 0.5) is 0 Å². The lowest BCUT2D eigenvalue weighted by Crippen LogP contribution is -1.80. The van der Waals surface area contributed by atoms with Crippen LogP contribution in [0.25, 0.3) is 0 Å². The number of thioether (sulfide) groups is 1. The van der Waals surface area contributed by atoms with Crippen molar-refractivity contribution < 1.29 is 0 Å². The molecule has 0 radical (unpaired) electrons. The molecular weight excluding hydrogens is 147 g/mol. The average Bonchev–Trinajstić information content (AvgIpc) is 1.80. The van der Waals surface area contributed by atoms with Gasteiger partial charge in [-0.1, -0.05) is 19.1 Å². The van der Waals surface area contributed by atoms with E-state index >= 15 is 0 Å². The second-order valence-electron chi connectivity index (χ2n) is 1.92. The topological polar surface area (TPSA) is 0 Å². The van der Waals surface area contributed by atoms with Crippen molar-refractivity contribution in [3.8, 4) is 0 Å². The highest BCUT2D eigenvalue weighted by Crippen LogP contribution is 2.15. The van der Waals surface area contributed by atoms with Gasteiger partial charge >= 0.3 is 0 Å². The molecule has 0 amide bonds. The van der Waals surface area contributed by atoms with Gasteiger partial charge in [-0.2, -0.15) is 11.8 Å². The minimum absolute atomic E-state index is 0.687. The van der Waals surface area contributed by atoms with Gasteiger partial charge in [0.15, 0.2) is 0 Å². The number of hydrogen-bond donors (Lipinski definition) is 0. The van der Waals surface area contributed by atoms with Gasteiger partial charge in [-0.3, -0.25) is 0 Å². The summed E-state index contributed by atoms with van der Waals surface area (Å²) in [6.07, 6.45) is 5.59. The first-order valence-corrected chi connectivity index (χ1v) is 5.01. The van der Waals surface area contributed by atoms with Gasteiger partial charge in [-0.05, 0) is 13.3 Å². The maximum absolute atomic E-state index is 2.77. The van der Waals surface area contributed by atoms with E-state index in [2.05, 4.69) is 35.2 Å². The zero-order valence-corrected chi connectivity index (χ0v) is 8.10. The monoisotopic (exact) mass is 162 g/mol. The molecule has 0 aliphatic rings. The molecule has 2 atom stereocenters. The van der Waals surface area contributed by atoms with E-state index in [4.69, 9.17) is 0 Å². The minimum Gasteiger partial charge on any atom is -0.151 e. The summed E-state index contributed by atoms with van der Waals surface area (Å²) < 4.78 is 0. The second kappa shape index (κ2) is 6.64. The Morgan fingerprint density at radius 3 is 2.67 bits per heavy atom. The van der Waals surface area contributed by atoms with Crippen LogP contribution in [0.5, 0.6) is 0 Å². The summed E-state index contributed by atoms with van der Waals surface area (Å²) in [4.78, 5) is 0.687. The number of allylic oxidation sites excluding steroid dienone is 1. The van der Waals surface area contributed by atoms with Gasteiger partial charge in [-0.15, -0.1) is 9.24 Å². The van der Waals surface area contributed by atoms with E-state index in [1.807, 2.05) is 11.8 Å². The largest absolute Gasteiger partial charge is 0.151 e. The minimum atomic E-state index is 0.687. The van der Waals surface area contributed by atoms with E-state index in [9.17, 15) is 0 Å². The molecule has 0 heterocycles. The summed E-state index contributed by atoms with van der Waals surface area (Å²) >= 11 is 1.95. The van der Waals surface area contributed by atoms with E-state index in [-0.39, 0.29) is 0 Å². The molecule has 9 heavy (non-hydrogen) atoms. The SMILES string of the molecule is CC/C=C\CSC(C)P. The van der Waals surface area contributed by atoms with Gasteiger partial charge in [0.05, 0.1) is 0 Å². The Bertz CT molecular complexity index is 79.0. The van der Waals surface area contributed by atoms with Crippen molar-refractivity contribution in [3.05, 3.63) is 12.2 Å². The van der Waals surface area contributed by atoms with Gasteiger partial charge in [-0.25, -0.2) is 0 Å². The molecule has 0 aromatic rings. The van der Waals surface area contributed by atoms with Crippen LogP contribution in [-0.2, 0) is 0 Å². The van der Waals surface area contributed by atoms with Crippen molar-refractivity contribution in [3.63, 3.8) is 0 Å². The Hall–Kier alpha value is 0.520. The van der Waals surface area contributed by atoms with Crippen LogP contribution in [0.3, 0.4) is 0 Å². The normalized spacial score (nSPS) is 14.6. The molecule has 0 aromatic carbocycles. The van der Waals surface area contributed by atoms with Crippen molar-refractivity contribution >= 4 is 21.0 Å². The van der Waals surface area contributed by atoms with E-state index in [0.29, 0.717) is 4.99 Å². The van der Waals surface area contributed by atoms with Crippen LogP contribution < -0.4 is 0 Å². The maximum atomic E-state index is 2.77. The first-order chi connectivity index (χ1) is 4.27. The molecule has 0 aromatic heterocycles. The predicted molar refractivity (Wildman–Crippen MR) is 51.1 cm³/mol. The van der Waals surface area contributed by atoms with E-state index in [0.717, 1.165) is 12.2 Å². The average molecular weight is 162 g/mol. The standard InChI is InChI=1S/C7H15PS/c1-3-4-5-6-9-7(2)8/h4-5,7H,3,6,8H2,1-2H3/b5-4-. The maximum Gasteiger partial charge on any atom is 0.0165 e. The highest BCUT2D eigenvalue weighted by Gasteiger charge is 1.88. The third-order valence-electron chi connectivity index (χ3n) is 0.858. The molecule has 2 unspecified atom stereocenters. The Labute approximate surface area is 64.7 Å². The Kier molecular flexibility index (Phi) is 7.02. The van der Waals surface area contributed by atoms with Crippen LogP contribution in [0.1, 0.15) is 20.3 Å². The van der Waals surface area contributed by atoms with Gasteiger partial charge in [0.2, 0.25) is 0 Å². The summed E-state index contributed by atoms with van der Waals surface area (Å²) in [6.45, 7) is 4.35. The molecule has 0 saturated carbocycles. The van der Waals surface area contributed by atoms with Gasteiger partial charge in [0.25, 0.3) is 0 Å². The van der Waals surface area contributed by atoms with Gasteiger partial charge in [0.1, 0.15) is 0 Å². The van der Waals surface area contributed by atoms with Crippen LogP contribution in [0, 0.1) is 0 Å². The molecule has 2 heteroatoms. The zero-order chi connectivity index (χ0) is 7.11. The van der Waals surface area contributed by atoms with Gasteiger partial charge in [0, 0.05) is 10.7 Å². The van der Waals surface area contributed by atoms with Crippen molar-refractivity contribution in [1.82, 2.24) is 0 Å². The Morgan fingerprint density at radius 2 is 2.22 bits per heavy atom. The van der Waals surface area contributed by atoms with E-state index < -0.39 is 0 Å². The first kappa shape index (κ1) is 9.52. The zero-order valence-electron chi connectivity index (χ0n) is 6.13. The molecule has 0 aliphatic carbocycles. The van der Waals surface area contributed by atoms with E-state index in [1.165, 1.54) is 0 Å². The molecule has 54 valence electrons. The molecule has 0 fully saturated rings. The summed E-state index contributed by atoms with van der Waals surface area (Å²) in [5, 5.41) is 0. The van der Waals surface area contributed by atoms with Crippen molar-refractivity contribution in [2.24, 2.45) is 0 Å². The van der Waals surface area contributed by atoms with Crippen LogP contribution in [-0.4, -0.2) is 10.7 Å². The summed E-state index contributed by atoms with van der Waals surface area (Å²) in [5.41, 5.74) is 0. The smallest absolute Gasteiger partial charge is 0.0165 e. The first-order valence-electron chi connectivity index (χ1n) is 3.29. The van der Waals surface area contributed by atoms with Crippen LogP contribution in [0.15, 0.2) is 12.2 Å². The lowest BCUT2D eigenvalue weighted by atomic mass is 10.4. The molecule has 0 aliphatic heterocycles. The Morgan fingerprint density at radius 1 is 1.56 bits per heavy atom. The fraction of sp³-hybridized carbons (Fsp3) is 0.714. The van der Waals surface area contributed by atoms with Crippen LogP contribution in [0.2, 0.25) is 0 Å². The Balaban J connectivity index is 2.99. The molecule has 0 spiro atoms. The fourth-order valence-electron chi connectivity index (χ4n) is 0.442. The quantitative estimate of drug-likeness (QED) is 0.452. The molecule has 0 saturated heterocycles. The van der Waals surface area contributed by atoms with Crippen molar-refractivity contribution in [2.75, 3.05) is 5.75 Å². The number of hydrogen-bond acceptors (Lipinski definition) is 1. The summed E-state index contributed by atoms with van der Waals surface area (Å²) in [5.74, 6) is 1.15. The van der Waals surface area contributed by atoms with Crippen molar-refractivity contribution in [1.29, 1.82) is 0 Å². The lowest BCUT2D eigenvalue weighted by molar-refractivity contribution is 1.22. The summed E-state index contributed by atoms with van der Waals surface area (Å²) in [6, 6.07) is 0. The molecule has 0 bridgehead atoms. The highest BCUT2D eigenvalue weighted by atomic mass is 32.2. The molecular formula is C7H15PS. The van der Waals surface area contributed by atoms with E-state index in [1.54, 1.807) is 0 Å². The molecule has 0 rings (SSSR count). The lowest BCUT2D eigenvalue weighted by Gasteiger charge is -1.98. The molecule has 0 nitrogen and oxygen atoms in total. The van der Waals surface area contributed by atoms with Gasteiger partial charge < -0.3 is 0 Å². The highest BCUT2D eigenvalue weighted by molar-refractivity contribution is 8.03. The van der Waals surface area contributed by atoms with Crippen LogP contribution >= 0.6 is 21.0 Å². The summed E-state index contributed by atoms with van der Waals surface area (Å²) in [7, 11) is 2.77. The third kappa shape index (κ3) is 8.52. The number of rotatable bonds is 4.